The second kappa shape index (κ2) is 25.1. The highest BCUT2D eigenvalue weighted by Crippen LogP contribution is 2.76. The van der Waals surface area contributed by atoms with E-state index in [1.54, 1.807) is 0 Å². The van der Waals surface area contributed by atoms with Crippen LogP contribution in [-0.2, 0) is 52.2 Å². The average Bonchev–Trinajstić information content (AvgIpc) is 0.675. The van der Waals surface area contributed by atoms with Gasteiger partial charge in [-0.05, 0) is 97.7 Å². The molecule has 29 nitrogen and oxygen atoms in total. The number of hydrogen-bond acceptors (Lipinski definition) is 29. The lowest BCUT2D eigenvalue weighted by atomic mass is 9.33. The molecule has 29 heteroatoms. The number of fused-ring (bicyclic) bond motifs is 7. The van der Waals surface area contributed by atoms with E-state index in [9.17, 15) is 91.9 Å². The van der Waals surface area contributed by atoms with E-state index in [1.165, 1.54) is 6.92 Å². The first-order chi connectivity index (χ1) is 40.8. The van der Waals surface area contributed by atoms with Crippen LogP contribution < -0.4 is 0 Å². The highest BCUT2D eigenvalue weighted by Gasteiger charge is 2.74. The lowest BCUT2D eigenvalue weighted by Gasteiger charge is -2.72. The monoisotopic (exact) mass is 1250 g/mol. The number of aliphatic hydroxyl groups excluding tert-OH is 18. The number of ether oxygens (including phenoxy) is 10. The lowest BCUT2D eigenvalue weighted by molar-refractivity contribution is -0.377. The summed E-state index contributed by atoms with van der Waals surface area (Å²) in [4.78, 5) is 15.4. The Morgan fingerprint density at radius 3 is 1.75 bits per heavy atom. The summed E-state index contributed by atoms with van der Waals surface area (Å²) in [6.07, 6.45) is -38.9. The number of carbonyl (C=O) groups is 1. The Kier molecular flexibility index (Phi) is 19.6. The van der Waals surface area contributed by atoms with E-state index in [-0.39, 0.29) is 30.6 Å². The molecule has 5 aliphatic heterocycles. The first-order valence-corrected chi connectivity index (χ1v) is 30.5. The Balaban J connectivity index is 0.890. The second-order valence-corrected chi connectivity index (χ2v) is 28.2. The van der Waals surface area contributed by atoms with Gasteiger partial charge in [0.25, 0.3) is 0 Å². The summed E-state index contributed by atoms with van der Waals surface area (Å²) in [6.45, 7) is 7.74. The lowest BCUT2D eigenvalue weighted by Crippen LogP contribution is -2.72. The maximum absolute atomic E-state index is 15.4. The van der Waals surface area contributed by atoms with E-state index in [4.69, 9.17) is 47.4 Å². The predicted octanol–water partition coefficient (Wildman–Crippen LogP) is -6.02. The van der Waals surface area contributed by atoms with E-state index in [2.05, 4.69) is 33.8 Å². The summed E-state index contributed by atoms with van der Waals surface area (Å²) in [5, 5.41) is 199. The summed E-state index contributed by atoms with van der Waals surface area (Å²) in [7, 11) is 0. The summed E-state index contributed by atoms with van der Waals surface area (Å²) in [5.74, 6) is -2.42. The van der Waals surface area contributed by atoms with Gasteiger partial charge >= 0.3 is 5.97 Å². The number of aliphatic hydroxyl groups is 18. The zero-order valence-electron chi connectivity index (χ0n) is 49.8. The van der Waals surface area contributed by atoms with Gasteiger partial charge in [0.1, 0.15) is 103 Å². The molecule has 5 saturated heterocycles. The maximum Gasteiger partial charge on any atom is 0.317 e. The number of carbonyl (C=O) groups excluding carboxylic acids is 1. The minimum absolute atomic E-state index is 0.0230. The van der Waals surface area contributed by atoms with Crippen molar-refractivity contribution in [1.82, 2.24) is 0 Å². The minimum Gasteiger partial charge on any atom is -0.432 e. The molecule has 33 atom stereocenters. The molecule has 0 spiro atoms. The minimum atomic E-state index is -1.98. The second-order valence-electron chi connectivity index (χ2n) is 28.2. The Morgan fingerprint density at radius 2 is 1.10 bits per heavy atom. The van der Waals surface area contributed by atoms with Crippen LogP contribution >= 0.6 is 0 Å². The fourth-order valence-corrected chi connectivity index (χ4v) is 17.7. The van der Waals surface area contributed by atoms with Crippen molar-refractivity contribution in [3.8, 4) is 0 Å². The molecule has 18 N–H and O–H groups in total. The molecule has 10 rings (SSSR count). The standard InChI is InChI=1S/C58H94O29/c1-22-43(83-47-39(73)33(67)26(64)18-78-47)38(72)41(75)48(80-22)85-45-34(68)27(65)19-79-51(45)87-52(77)58-12-11-53(2,3)13-24(58)23-7-8-30-54(4)14-25(63)46(57(20-61,21-62)31(54)9-10-55(30,5)56(23,6)15-32(58)66)86-50-42(76)44(36(70)29(17-60)82-50)84-49-40(74)37(71)35(69)28(16-59)81-49/h7,22,24-51,59-76H,8-21H2,1-6H3/t22-,24-,25-,26+,27-,28+,29+,30+,31+,32+,33-,34-,35+,36+,37-,38-,39+,40+,41+,42+,43-,44-,45+,46-,47-,48-,49-,50-,51-,54+,55+,56+,58+/m0/s1. The van der Waals surface area contributed by atoms with Gasteiger partial charge in [0.05, 0.1) is 64.1 Å². The van der Waals surface area contributed by atoms with Gasteiger partial charge in [-0.15, -0.1) is 0 Å². The number of rotatable bonds is 14. The van der Waals surface area contributed by atoms with Crippen molar-refractivity contribution >= 4 is 5.97 Å². The molecule has 87 heavy (non-hydrogen) atoms. The van der Waals surface area contributed by atoms with Crippen LogP contribution in [0.2, 0.25) is 0 Å². The van der Waals surface area contributed by atoms with Crippen LogP contribution in [0.3, 0.4) is 0 Å². The third kappa shape index (κ3) is 11.1. The Hall–Kier alpha value is -1.87. The van der Waals surface area contributed by atoms with Gasteiger partial charge in [-0.1, -0.05) is 46.3 Å². The smallest absolute Gasteiger partial charge is 0.317 e. The van der Waals surface area contributed by atoms with E-state index in [1.807, 2.05) is 6.92 Å². The average molecular weight is 1260 g/mol. The molecular weight excluding hydrogens is 1160 g/mol. The molecule has 0 aromatic carbocycles. The summed E-state index contributed by atoms with van der Waals surface area (Å²) in [5.41, 5.74) is -5.13. The molecule has 0 aromatic heterocycles. The molecule has 5 heterocycles. The van der Waals surface area contributed by atoms with Gasteiger partial charge in [0.2, 0.25) is 6.29 Å². The number of hydrogen-bond donors (Lipinski definition) is 18. The highest BCUT2D eigenvalue weighted by atomic mass is 16.8. The summed E-state index contributed by atoms with van der Waals surface area (Å²) < 4.78 is 58.7. The van der Waals surface area contributed by atoms with Crippen molar-refractivity contribution in [1.29, 1.82) is 0 Å². The van der Waals surface area contributed by atoms with Crippen LogP contribution in [0.1, 0.15) is 92.9 Å². The van der Waals surface area contributed by atoms with Crippen LogP contribution in [-0.4, -0.2) is 297 Å². The van der Waals surface area contributed by atoms with Gasteiger partial charge in [-0.2, -0.15) is 0 Å². The molecule has 500 valence electrons. The molecule has 0 unspecified atom stereocenters. The van der Waals surface area contributed by atoms with Crippen molar-refractivity contribution in [2.75, 3.05) is 39.6 Å². The Bertz CT molecular complexity index is 2420. The normalized spacial score (nSPS) is 54.0. The molecule has 10 aliphatic rings. The predicted molar refractivity (Wildman–Crippen MR) is 288 cm³/mol. The zero-order chi connectivity index (χ0) is 63.6. The topological polar surface area (TPSA) is 474 Å². The van der Waals surface area contributed by atoms with Gasteiger partial charge in [0, 0.05) is 5.41 Å². The molecule has 4 saturated carbocycles. The van der Waals surface area contributed by atoms with Gasteiger partial charge in [0.15, 0.2) is 31.3 Å². The molecule has 5 aliphatic carbocycles. The van der Waals surface area contributed by atoms with Gasteiger partial charge in [-0.3, -0.25) is 4.79 Å². The molecular formula is C58H94O29. The van der Waals surface area contributed by atoms with Crippen LogP contribution in [0.25, 0.3) is 0 Å². The highest BCUT2D eigenvalue weighted by molar-refractivity contribution is 5.80. The zero-order valence-corrected chi connectivity index (χ0v) is 49.8. The van der Waals surface area contributed by atoms with Crippen LogP contribution in [0, 0.1) is 50.2 Å². The largest absolute Gasteiger partial charge is 0.432 e. The third-order valence-electron chi connectivity index (χ3n) is 22.9. The van der Waals surface area contributed by atoms with Crippen LogP contribution in [0.15, 0.2) is 11.6 Å². The van der Waals surface area contributed by atoms with Crippen molar-refractivity contribution in [2.24, 2.45) is 50.2 Å². The van der Waals surface area contributed by atoms with Crippen LogP contribution in [0.4, 0.5) is 0 Å². The number of esters is 1. The van der Waals surface area contributed by atoms with Gasteiger partial charge < -0.3 is 139 Å². The molecule has 0 aromatic rings. The number of allylic oxidation sites excluding steroid dienone is 2. The SMILES string of the molecule is C[C@@H]1O[C@@H](O[C@H]2[C@H](OC(=O)[C@]34CCC(C)(C)C[C@H]3C3=CC[C@@H]5[C@@]6(C)C[C@H](O)[C@H](O[C@@H]7O[C@H](CO)[C@@H](O)[C@H](O[C@@H]8O[C@H](CO)[C@@H](O)[C@H](O)[C@H]8O)[C@H]7O)C(CO)(CO)[C@@H]6CC[C@@]5(C)[C@]3(C)C[C@H]4O)OC[C@H](O)[C@@H]2O)[C@H](O)[C@H](O)[C@H]1O[C@@H]1OC[C@@H](O)[C@H](O)[C@H]1O. The first kappa shape index (κ1) is 68.0. The summed E-state index contributed by atoms with van der Waals surface area (Å²) in [6, 6.07) is 0. The first-order valence-electron chi connectivity index (χ1n) is 30.5. The van der Waals surface area contributed by atoms with Crippen molar-refractivity contribution in [3.05, 3.63) is 11.6 Å². The molecule has 9 fully saturated rings. The van der Waals surface area contributed by atoms with Crippen molar-refractivity contribution in [3.63, 3.8) is 0 Å². The fourth-order valence-electron chi connectivity index (χ4n) is 17.7. The fraction of sp³-hybridized carbons (Fsp3) is 0.948. The van der Waals surface area contributed by atoms with E-state index in [0.29, 0.717) is 32.1 Å². The molecule has 0 amide bonds. The molecule has 0 radical (unpaired) electrons. The maximum atomic E-state index is 15.4. The molecule has 0 bridgehead atoms. The Labute approximate surface area is 502 Å². The Morgan fingerprint density at radius 1 is 0.540 bits per heavy atom. The van der Waals surface area contributed by atoms with Crippen molar-refractivity contribution in [2.45, 2.75) is 253 Å². The third-order valence-corrected chi connectivity index (χ3v) is 22.9. The quantitative estimate of drug-likeness (QED) is 0.0437. The summed E-state index contributed by atoms with van der Waals surface area (Å²) >= 11 is 0. The van der Waals surface area contributed by atoms with E-state index < -0.39 is 244 Å². The van der Waals surface area contributed by atoms with Crippen LogP contribution in [0.5, 0.6) is 0 Å². The van der Waals surface area contributed by atoms with Gasteiger partial charge in [-0.25, -0.2) is 0 Å². The van der Waals surface area contributed by atoms with E-state index >= 15 is 4.79 Å². The van der Waals surface area contributed by atoms with Crippen molar-refractivity contribution < 1.29 is 144 Å². The van der Waals surface area contributed by atoms with E-state index in [0.717, 1.165) is 5.57 Å².